The van der Waals surface area contributed by atoms with Crippen LogP contribution in [0.3, 0.4) is 0 Å². The Morgan fingerprint density at radius 1 is 1.35 bits per heavy atom. The number of nitrogens with zero attached hydrogens (tertiary/aromatic N) is 1. The lowest BCUT2D eigenvalue weighted by molar-refractivity contribution is 0.101. The fourth-order valence-corrected chi connectivity index (χ4v) is 3.26. The first-order chi connectivity index (χ1) is 9.27. The van der Waals surface area contributed by atoms with Crippen molar-refractivity contribution in [3.05, 3.63) is 50.4 Å². The zero-order valence-corrected chi connectivity index (χ0v) is 13.7. The summed E-state index contributed by atoms with van der Waals surface area (Å²) < 4.78 is 0. The van der Waals surface area contributed by atoms with Crippen LogP contribution in [0.25, 0.3) is 0 Å². The van der Waals surface area contributed by atoms with Crippen LogP contribution in [0.15, 0.2) is 23.6 Å². The van der Waals surface area contributed by atoms with E-state index in [1.807, 2.05) is 12.1 Å². The van der Waals surface area contributed by atoms with E-state index in [1.54, 1.807) is 17.4 Å². The zero-order chi connectivity index (χ0) is 14.9. The molecule has 0 spiro atoms. The van der Waals surface area contributed by atoms with Gasteiger partial charge in [-0.1, -0.05) is 38.4 Å². The van der Waals surface area contributed by atoms with Crippen LogP contribution in [0.1, 0.15) is 54.3 Å². The van der Waals surface area contributed by atoms with Crippen molar-refractivity contribution in [1.29, 1.82) is 0 Å². The maximum atomic E-state index is 11.4. The van der Waals surface area contributed by atoms with Gasteiger partial charge in [-0.3, -0.25) is 4.79 Å². The molecule has 0 bridgehead atoms. The molecule has 106 valence electrons. The molecule has 0 aliphatic rings. The number of thiazole rings is 1. The smallest absolute Gasteiger partial charge is 0.161 e. The third-order valence-electron chi connectivity index (χ3n) is 3.09. The van der Waals surface area contributed by atoms with Crippen LogP contribution in [-0.2, 0) is 11.8 Å². The van der Waals surface area contributed by atoms with E-state index >= 15 is 0 Å². The van der Waals surface area contributed by atoms with Crippen LogP contribution < -0.4 is 0 Å². The number of Topliss-reactive ketones (excluding diaryl/α,β-unsaturated/α-hetero) is 1. The van der Waals surface area contributed by atoms with Gasteiger partial charge in [-0.25, -0.2) is 4.98 Å². The molecule has 2 aromatic rings. The van der Waals surface area contributed by atoms with E-state index in [9.17, 15) is 4.79 Å². The molecule has 0 aliphatic heterocycles. The van der Waals surface area contributed by atoms with E-state index in [0.29, 0.717) is 10.6 Å². The maximum absolute atomic E-state index is 11.4. The van der Waals surface area contributed by atoms with Crippen molar-refractivity contribution in [2.45, 2.75) is 39.5 Å². The lowest BCUT2D eigenvalue weighted by Gasteiger charge is -2.14. The van der Waals surface area contributed by atoms with Crippen molar-refractivity contribution in [3.8, 4) is 0 Å². The Balaban J connectivity index is 2.20. The minimum atomic E-state index is -0.00850. The molecule has 0 N–H and O–H groups in total. The summed E-state index contributed by atoms with van der Waals surface area (Å²) in [5.74, 6) is -0.00850. The van der Waals surface area contributed by atoms with Crippen molar-refractivity contribution >= 4 is 28.7 Å². The molecule has 20 heavy (non-hydrogen) atoms. The molecule has 0 aliphatic carbocycles. The highest BCUT2D eigenvalue weighted by molar-refractivity contribution is 7.09. The predicted octanol–water partition coefficient (Wildman–Crippen LogP) is 4.89. The molecule has 0 unspecified atom stereocenters. The topological polar surface area (TPSA) is 30.0 Å². The third kappa shape index (κ3) is 3.47. The number of hydrogen-bond donors (Lipinski definition) is 0. The Morgan fingerprint density at radius 2 is 2.05 bits per heavy atom. The molecule has 0 saturated heterocycles. The normalized spacial score (nSPS) is 11.7. The Kier molecular flexibility index (Phi) is 4.31. The van der Waals surface area contributed by atoms with Gasteiger partial charge in [-0.15, -0.1) is 11.3 Å². The average Bonchev–Trinajstić information content (AvgIpc) is 2.76. The van der Waals surface area contributed by atoms with Gasteiger partial charge in [0, 0.05) is 22.8 Å². The molecule has 0 saturated carbocycles. The fraction of sp³-hybridized carbons (Fsp3) is 0.375. The summed E-state index contributed by atoms with van der Waals surface area (Å²) in [7, 11) is 0. The molecule has 0 fully saturated rings. The molecule has 2 rings (SSSR count). The van der Waals surface area contributed by atoms with Gasteiger partial charge < -0.3 is 0 Å². The van der Waals surface area contributed by atoms with Crippen molar-refractivity contribution < 1.29 is 4.79 Å². The number of rotatable bonds is 3. The van der Waals surface area contributed by atoms with Gasteiger partial charge >= 0.3 is 0 Å². The summed E-state index contributed by atoms with van der Waals surface area (Å²) in [5, 5.41) is 3.70. The van der Waals surface area contributed by atoms with Gasteiger partial charge in [0.2, 0.25) is 0 Å². The SMILES string of the molecule is CC(=O)c1ccc(Cc2nc(C(C)(C)C)cs2)cc1Cl. The first-order valence-electron chi connectivity index (χ1n) is 6.51. The molecule has 0 atom stereocenters. The summed E-state index contributed by atoms with van der Waals surface area (Å²) in [6.45, 7) is 8.00. The van der Waals surface area contributed by atoms with E-state index in [2.05, 4.69) is 31.1 Å². The van der Waals surface area contributed by atoms with E-state index in [0.717, 1.165) is 22.7 Å². The molecule has 0 radical (unpaired) electrons. The quantitative estimate of drug-likeness (QED) is 0.756. The minimum absolute atomic E-state index is 0.00850. The Bertz CT molecular complexity index is 640. The molecule has 1 aromatic carbocycles. The van der Waals surface area contributed by atoms with Gasteiger partial charge in [-0.05, 0) is 24.6 Å². The van der Waals surface area contributed by atoms with Crippen LogP contribution in [0.5, 0.6) is 0 Å². The summed E-state index contributed by atoms with van der Waals surface area (Å²) in [5.41, 5.74) is 2.84. The fourth-order valence-electron chi connectivity index (χ4n) is 1.87. The molecule has 4 heteroatoms. The van der Waals surface area contributed by atoms with E-state index < -0.39 is 0 Å². The summed E-state index contributed by atoms with van der Waals surface area (Å²) in [6, 6.07) is 5.59. The standard InChI is InChI=1S/C16H18ClNOS/c1-10(19)12-6-5-11(7-13(12)17)8-15-18-14(9-20-15)16(2,3)4/h5-7,9H,8H2,1-4H3. The van der Waals surface area contributed by atoms with Gasteiger partial charge in [0.15, 0.2) is 5.78 Å². The van der Waals surface area contributed by atoms with Crippen molar-refractivity contribution in [2.75, 3.05) is 0 Å². The minimum Gasteiger partial charge on any atom is -0.294 e. The second kappa shape index (κ2) is 5.66. The number of carbonyl (C=O) groups excluding carboxylic acids is 1. The molecule has 1 aromatic heterocycles. The Hall–Kier alpha value is -1.19. The van der Waals surface area contributed by atoms with E-state index in [-0.39, 0.29) is 11.2 Å². The predicted molar refractivity (Wildman–Crippen MR) is 85.1 cm³/mol. The molecular weight excluding hydrogens is 290 g/mol. The summed E-state index contributed by atoms with van der Waals surface area (Å²) >= 11 is 7.80. The third-order valence-corrected chi connectivity index (χ3v) is 4.25. The maximum Gasteiger partial charge on any atom is 0.161 e. The molecule has 0 amide bonds. The van der Waals surface area contributed by atoms with Crippen LogP contribution in [-0.4, -0.2) is 10.8 Å². The lowest BCUT2D eigenvalue weighted by Crippen LogP contribution is -2.11. The summed E-state index contributed by atoms with van der Waals surface area (Å²) in [4.78, 5) is 16.0. The molecule has 1 heterocycles. The molecule has 2 nitrogen and oxygen atoms in total. The van der Waals surface area contributed by atoms with E-state index in [4.69, 9.17) is 11.6 Å². The number of carbonyl (C=O) groups is 1. The number of benzene rings is 1. The highest BCUT2D eigenvalue weighted by Crippen LogP contribution is 2.26. The Morgan fingerprint density at radius 3 is 2.55 bits per heavy atom. The number of ketones is 1. The second-order valence-electron chi connectivity index (χ2n) is 5.92. The van der Waals surface area contributed by atoms with Crippen LogP contribution >= 0.6 is 22.9 Å². The van der Waals surface area contributed by atoms with Crippen LogP contribution in [0, 0.1) is 0 Å². The second-order valence-corrected chi connectivity index (χ2v) is 7.27. The van der Waals surface area contributed by atoms with Gasteiger partial charge in [-0.2, -0.15) is 0 Å². The number of halogens is 1. The summed E-state index contributed by atoms with van der Waals surface area (Å²) in [6.07, 6.45) is 0.749. The van der Waals surface area contributed by atoms with Crippen molar-refractivity contribution in [2.24, 2.45) is 0 Å². The zero-order valence-electron chi connectivity index (χ0n) is 12.2. The Labute approximate surface area is 128 Å². The lowest BCUT2D eigenvalue weighted by atomic mass is 9.93. The van der Waals surface area contributed by atoms with Crippen molar-refractivity contribution in [1.82, 2.24) is 4.98 Å². The largest absolute Gasteiger partial charge is 0.294 e. The van der Waals surface area contributed by atoms with Crippen molar-refractivity contribution in [3.63, 3.8) is 0 Å². The average molecular weight is 308 g/mol. The number of aromatic nitrogens is 1. The van der Waals surface area contributed by atoms with Gasteiger partial charge in [0.05, 0.1) is 15.7 Å². The van der Waals surface area contributed by atoms with Gasteiger partial charge in [0.25, 0.3) is 0 Å². The van der Waals surface area contributed by atoms with Gasteiger partial charge in [0.1, 0.15) is 0 Å². The molecular formula is C16H18ClNOS. The first-order valence-corrected chi connectivity index (χ1v) is 7.77. The van der Waals surface area contributed by atoms with Crippen LogP contribution in [0.2, 0.25) is 5.02 Å². The monoisotopic (exact) mass is 307 g/mol. The van der Waals surface area contributed by atoms with Crippen LogP contribution in [0.4, 0.5) is 0 Å². The van der Waals surface area contributed by atoms with E-state index in [1.165, 1.54) is 6.92 Å². The first kappa shape index (κ1) is 15.2. The highest BCUT2D eigenvalue weighted by Gasteiger charge is 2.17. The highest BCUT2D eigenvalue weighted by atomic mass is 35.5. The number of hydrogen-bond acceptors (Lipinski definition) is 3.